The molecule has 0 radical (unpaired) electrons. The van der Waals surface area contributed by atoms with Crippen molar-refractivity contribution >= 4 is 11.7 Å². The third-order valence-electron chi connectivity index (χ3n) is 2.80. The molecule has 112 valence electrons. The van der Waals surface area contributed by atoms with E-state index in [-0.39, 0.29) is 24.5 Å². The molecule has 0 heterocycles. The molecule has 0 unspecified atom stereocenters. The predicted octanol–water partition coefficient (Wildman–Crippen LogP) is 2.52. The summed E-state index contributed by atoms with van der Waals surface area (Å²) < 4.78 is 23.2. The number of ether oxygens (including phenoxy) is 2. The molecular formula is C16H13FN2O3. The van der Waals surface area contributed by atoms with E-state index in [1.165, 1.54) is 6.07 Å². The molecule has 2 aromatic rings. The zero-order valence-electron chi connectivity index (χ0n) is 11.6. The number of hydrogen-bond donors (Lipinski definition) is 1. The van der Waals surface area contributed by atoms with Crippen molar-refractivity contribution in [3.05, 3.63) is 59.4 Å². The molecule has 5 nitrogen and oxygen atoms in total. The first-order valence-electron chi connectivity index (χ1n) is 6.45. The Hall–Kier alpha value is -3.07. The average Bonchev–Trinajstić information content (AvgIpc) is 2.52. The Morgan fingerprint density at radius 3 is 2.55 bits per heavy atom. The van der Waals surface area contributed by atoms with Crippen molar-refractivity contribution in [2.45, 2.75) is 0 Å². The molecule has 2 N–H and O–H groups in total. The summed E-state index contributed by atoms with van der Waals surface area (Å²) in [6.07, 6.45) is 0. The van der Waals surface area contributed by atoms with Crippen molar-refractivity contribution in [3.63, 3.8) is 0 Å². The maximum atomic E-state index is 12.9. The molecule has 0 aromatic heterocycles. The third-order valence-corrected chi connectivity index (χ3v) is 2.80. The second-order valence-corrected chi connectivity index (χ2v) is 4.35. The van der Waals surface area contributed by atoms with Crippen LogP contribution in [-0.2, 0) is 4.74 Å². The van der Waals surface area contributed by atoms with Gasteiger partial charge in [-0.15, -0.1) is 0 Å². The molecule has 0 bridgehead atoms. The third kappa shape index (κ3) is 3.96. The van der Waals surface area contributed by atoms with Gasteiger partial charge in [-0.05, 0) is 42.5 Å². The highest BCUT2D eigenvalue weighted by molar-refractivity contribution is 5.94. The lowest BCUT2D eigenvalue weighted by molar-refractivity contribution is 0.0451. The van der Waals surface area contributed by atoms with Crippen molar-refractivity contribution in [2.24, 2.45) is 0 Å². The van der Waals surface area contributed by atoms with E-state index in [1.807, 2.05) is 6.07 Å². The molecule has 0 fully saturated rings. The molecule has 0 aliphatic rings. The maximum absolute atomic E-state index is 12.9. The van der Waals surface area contributed by atoms with Gasteiger partial charge in [-0.3, -0.25) is 0 Å². The number of nitrogen functional groups attached to an aromatic ring is 1. The van der Waals surface area contributed by atoms with Crippen molar-refractivity contribution in [3.8, 4) is 11.8 Å². The number of carbonyl (C=O) groups is 1. The number of esters is 1. The van der Waals surface area contributed by atoms with E-state index in [2.05, 4.69) is 0 Å². The molecular weight excluding hydrogens is 287 g/mol. The van der Waals surface area contributed by atoms with Gasteiger partial charge in [0.05, 0.1) is 17.2 Å². The first-order chi connectivity index (χ1) is 10.6. The van der Waals surface area contributed by atoms with Crippen LogP contribution < -0.4 is 10.5 Å². The number of hydrogen-bond acceptors (Lipinski definition) is 5. The second-order valence-electron chi connectivity index (χ2n) is 4.35. The summed E-state index contributed by atoms with van der Waals surface area (Å²) in [6.45, 7) is 0.175. The Bertz CT molecular complexity index is 708. The van der Waals surface area contributed by atoms with Crippen LogP contribution in [0.1, 0.15) is 15.9 Å². The molecule has 0 amide bonds. The fourth-order valence-corrected chi connectivity index (χ4v) is 1.72. The summed E-state index contributed by atoms with van der Waals surface area (Å²) in [5.74, 6) is -0.588. The molecule has 6 heteroatoms. The zero-order valence-corrected chi connectivity index (χ0v) is 11.6. The van der Waals surface area contributed by atoms with E-state index in [0.717, 1.165) is 12.1 Å². The van der Waals surface area contributed by atoms with Crippen LogP contribution in [-0.4, -0.2) is 19.2 Å². The van der Waals surface area contributed by atoms with Crippen LogP contribution in [0.4, 0.5) is 10.1 Å². The Morgan fingerprint density at radius 1 is 1.18 bits per heavy atom. The largest absolute Gasteiger partial charge is 0.490 e. The monoisotopic (exact) mass is 300 g/mol. The van der Waals surface area contributed by atoms with Crippen LogP contribution in [0.2, 0.25) is 0 Å². The molecule has 0 saturated heterocycles. The number of nitrogens with two attached hydrogens (primary N) is 1. The van der Waals surface area contributed by atoms with Crippen LogP contribution >= 0.6 is 0 Å². The van der Waals surface area contributed by atoms with Gasteiger partial charge in [-0.2, -0.15) is 5.26 Å². The highest BCUT2D eigenvalue weighted by Gasteiger charge is 2.11. The predicted molar refractivity (Wildman–Crippen MR) is 77.7 cm³/mol. The standard InChI is InChI=1S/C16H13FN2O3/c17-12-3-6-14(15(19)9-12)16(20)22-8-7-21-13-4-1-11(10-18)2-5-13/h1-6,9H,7-8,19H2. The minimum absolute atomic E-state index is 0.0235. The molecule has 0 spiro atoms. The van der Waals surface area contributed by atoms with Gasteiger partial charge in [-0.25, -0.2) is 9.18 Å². The highest BCUT2D eigenvalue weighted by Crippen LogP contribution is 2.15. The quantitative estimate of drug-likeness (QED) is 0.521. The number of nitriles is 1. The summed E-state index contributed by atoms with van der Waals surface area (Å²) in [6, 6.07) is 12.0. The van der Waals surface area contributed by atoms with Crippen LogP contribution in [0.15, 0.2) is 42.5 Å². The summed E-state index contributed by atoms with van der Waals surface area (Å²) in [7, 11) is 0. The first-order valence-corrected chi connectivity index (χ1v) is 6.45. The van der Waals surface area contributed by atoms with Gasteiger partial charge in [0, 0.05) is 5.69 Å². The lowest BCUT2D eigenvalue weighted by atomic mass is 10.2. The van der Waals surface area contributed by atoms with E-state index >= 15 is 0 Å². The number of halogens is 1. The molecule has 2 aromatic carbocycles. The summed E-state index contributed by atoms with van der Waals surface area (Å²) in [5, 5.41) is 8.67. The molecule has 0 aliphatic heterocycles. The lowest BCUT2D eigenvalue weighted by Gasteiger charge is -2.08. The van der Waals surface area contributed by atoms with Crippen LogP contribution in [0.25, 0.3) is 0 Å². The molecule has 22 heavy (non-hydrogen) atoms. The Labute approximate surface area is 126 Å². The maximum Gasteiger partial charge on any atom is 0.340 e. The normalized spacial score (nSPS) is 9.82. The van der Waals surface area contributed by atoms with E-state index in [9.17, 15) is 9.18 Å². The minimum atomic E-state index is -0.638. The Balaban J connectivity index is 1.80. The van der Waals surface area contributed by atoms with Gasteiger partial charge in [0.25, 0.3) is 0 Å². The fraction of sp³-hybridized carbons (Fsp3) is 0.125. The first kappa shape index (κ1) is 15.3. The average molecular weight is 300 g/mol. The minimum Gasteiger partial charge on any atom is -0.490 e. The van der Waals surface area contributed by atoms with Crippen molar-refractivity contribution in [1.29, 1.82) is 5.26 Å². The number of carbonyl (C=O) groups excluding carboxylic acids is 1. The van der Waals surface area contributed by atoms with E-state index in [4.69, 9.17) is 20.5 Å². The lowest BCUT2D eigenvalue weighted by Crippen LogP contribution is -2.13. The van der Waals surface area contributed by atoms with Crippen molar-refractivity contribution in [1.82, 2.24) is 0 Å². The number of benzene rings is 2. The van der Waals surface area contributed by atoms with Crippen LogP contribution in [0.3, 0.4) is 0 Å². The van der Waals surface area contributed by atoms with Gasteiger partial charge in [-0.1, -0.05) is 0 Å². The fourth-order valence-electron chi connectivity index (χ4n) is 1.72. The van der Waals surface area contributed by atoms with Gasteiger partial charge < -0.3 is 15.2 Å². The zero-order chi connectivity index (χ0) is 15.9. The topological polar surface area (TPSA) is 85.3 Å². The highest BCUT2D eigenvalue weighted by atomic mass is 19.1. The van der Waals surface area contributed by atoms with Crippen molar-refractivity contribution in [2.75, 3.05) is 18.9 Å². The van der Waals surface area contributed by atoms with E-state index in [1.54, 1.807) is 24.3 Å². The SMILES string of the molecule is N#Cc1ccc(OCCOC(=O)c2ccc(F)cc2N)cc1. The van der Waals surface area contributed by atoms with Crippen LogP contribution in [0.5, 0.6) is 5.75 Å². The Kier molecular flexibility index (Phi) is 4.94. The number of anilines is 1. The van der Waals surface area contributed by atoms with Crippen molar-refractivity contribution < 1.29 is 18.7 Å². The summed E-state index contributed by atoms with van der Waals surface area (Å²) in [5.41, 5.74) is 6.22. The number of nitrogens with zero attached hydrogens (tertiary/aromatic N) is 1. The molecule has 0 saturated carbocycles. The van der Waals surface area contributed by atoms with Crippen LogP contribution in [0, 0.1) is 17.1 Å². The summed E-state index contributed by atoms with van der Waals surface area (Å²) >= 11 is 0. The van der Waals surface area contributed by atoms with Gasteiger partial charge in [0.1, 0.15) is 24.8 Å². The second kappa shape index (κ2) is 7.09. The Morgan fingerprint density at radius 2 is 1.91 bits per heavy atom. The smallest absolute Gasteiger partial charge is 0.340 e. The summed E-state index contributed by atoms with van der Waals surface area (Å²) in [4.78, 5) is 11.8. The molecule has 0 aliphatic carbocycles. The van der Waals surface area contributed by atoms with Gasteiger partial charge in [0.15, 0.2) is 0 Å². The molecule has 2 rings (SSSR count). The number of rotatable bonds is 5. The van der Waals surface area contributed by atoms with E-state index < -0.39 is 11.8 Å². The van der Waals surface area contributed by atoms with Gasteiger partial charge >= 0.3 is 5.97 Å². The van der Waals surface area contributed by atoms with E-state index in [0.29, 0.717) is 11.3 Å². The molecule has 0 atom stereocenters. The van der Waals surface area contributed by atoms with Gasteiger partial charge in [0.2, 0.25) is 0 Å².